The Hall–Kier alpha value is 0.502. The van der Waals surface area contributed by atoms with Crippen LogP contribution in [0.15, 0.2) is 0 Å². The van der Waals surface area contributed by atoms with Gasteiger partial charge in [-0.25, -0.2) is 4.79 Å². The van der Waals surface area contributed by atoms with E-state index >= 15 is 0 Å². The first-order valence-corrected chi connectivity index (χ1v) is 11.4. The second-order valence-corrected chi connectivity index (χ2v) is 10.5. The summed E-state index contributed by atoms with van der Waals surface area (Å²) in [5.41, 5.74) is -0.675. The maximum atomic E-state index is 11.0. The second-order valence-electron chi connectivity index (χ2n) is 5.32. The molecule has 1 N–H and O–H groups in total. The van der Waals surface area contributed by atoms with Crippen molar-refractivity contribution < 1.29 is 14.3 Å². The Morgan fingerprint density at radius 3 is 2.29 bits per heavy atom. The standard InChI is InChI=1S/C10H19NO3.CH4S.Pb/c1-9(2,3)13-6-7-10(4,5)14-8(12)11-7;1-2;/h7H,6H2,1-5H3,(H,11,12);2H,1H3;/q;;+1/p-1. The van der Waals surface area contributed by atoms with Crippen LogP contribution in [-0.4, -0.2) is 60.5 Å². The summed E-state index contributed by atoms with van der Waals surface area (Å²) >= 11 is 1.29. The average Bonchev–Trinajstić information content (AvgIpc) is 2.35. The molecule has 1 unspecified atom stereocenters. The molecule has 1 aliphatic rings. The number of cyclic esters (lactones) is 1. The summed E-state index contributed by atoms with van der Waals surface area (Å²) < 4.78 is 10.7. The Kier molecular flexibility index (Phi) is 7.39. The molecule has 3 radical (unpaired) electrons. The van der Waals surface area contributed by atoms with Gasteiger partial charge >= 0.3 is 44.9 Å². The van der Waals surface area contributed by atoms with Crippen LogP contribution in [0.5, 0.6) is 0 Å². The third kappa shape index (κ3) is 7.51. The van der Waals surface area contributed by atoms with E-state index in [0.29, 0.717) is 6.61 Å². The van der Waals surface area contributed by atoms with Gasteiger partial charge in [-0.2, -0.15) is 0 Å². The predicted octanol–water partition coefficient (Wildman–Crippen LogP) is 2.12. The van der Waals surface area contributed by atoms with E-state index in [9.17, 15) is 4.79 Å². The summed E-state index contributed by atoms with van der Waals surface area (Å²) in [4.78, 5) is 11.0. The fraction of sp³-hybridized carbons (Fsp3) is 0.909. The number of alkyl carbamates (subject to hydrolysis) is 1. The molecule has 1 fully saturated rings. The van der Waals surface area contributed by atoms with Crippen LogP contribution in [0, 0.1) is 0 Å². The third-order valence-electron chi connectivity index (χ3n) is 2.17. The fourth-order valence-corrected chi connectivity index (χ4v) is 1.23. The molecule has 0 bridgehead atoms. The normalized spacial score (nSPS) is 22.3. The first-order chi connectivity index (χ1) is 7.62. The molecule has 4 nitrogen and oxygen atoms in total. The van der Waals surface area contributed by atoms with Gasteiger partial charge in [-0.3, -0.25) is 0 Å². The van der Waals surface area contributed by atoms with Crippen LogP contribution in [-0.2, 0) is 9.47 Å². The molecule has 99 valence electrons. The van der Waals surface area contributed by atoms with Crippen LogP contribution >= 0.6 is 8.31 Å². The zero-order valence-corrected chi connectivity index (χ0v) is 16.1. The zero-order valence-electron chi connectivity index (χ0n) is 11.4. The number of hydrogen-bond donors (Lipinski definition) is 1. The summed E-state index contributed by atoms with van der Waals surface area (Å²) in [7, 11) is 1.89. The van der Waals surface area contributed by atoms with Crippen molar-refractivity contribution in [3.8, 4) is 0 Å². The summed E-state index contributed by atoms with van der Waals surface area (Å²) in [5, 5.41) is 2.73. The second kappa shape index (κ2) is 7.18. The fourth-order valence-electron chi connectivity index (χ4n) is 1.23. The molecule has 0 aromatic carbocycles. The van der Waals surface area contributed by atoms with Crippen molar-refractivity contribution in [2.24, 2.45) is 0 Å². The van der Waals surface area contributed by atoms with Gasteiger partial charge in [0.15, 0.2) is 0 Å². The molecule has 1 amide bonds. The molecule has 0 aromatic heterocycles. The molecule has 0 saturated carbocycles. The molecule has 17 heavy (non-hydrogen) atoms. The molecule has 0 aliphatic carbocycles. The number of carbonyl (C=O) groups is 1. The van der Waals surface area contributed by atoms with Gasteiger partial charge in [-0.05, 0) is 34.6 Å². The number of amides is 1. The van der Waals surface area contributed by atoms with Gasteiger partial charge in [0.1, 0.15) is 5.60 Å². The number of rotatable bonds is 2. The molecule has 1 saturated heterocycles. The molecule has 0 aromatic rings. The summed E-state index contributed by atoms with van der Waals surface area (Å²) in [6.45, 7) is 10.2. The average molecular weight is 456 g/mol. The van der Waals surface area contributed by atoms with Crippen LogP contribution in [0.25, 0.3) is 0 Å². The van der Waals surface area contributed by atoms with Crippen molar-refractivity contribution in [1.82, 2.24) is 5.32 Å². The van der Waals surface area contributed by atoms with Crippen LogP contribution < -0.4 is 5.32 Å². The van der Waals surface area contributed by atoms with Gasteiger partial charge in [-0.15, -0.1) is 0 Å². The van der Waals surface area contributed by atoms with E-state index in [1.165, 1.54) is 24.3 Å². The van der Waals surface area contributed by atoms with Crippen LogP contribution in [0.2, 0.25) is 0 Å². The summed E-state index contributed by atoms with van der Waals surface area (Å²) in [6, 6.07) is -0.0748. The first-order valence-electron chi connectivity index (χ1n) is 5.45. The van der Waals surface area contributed by atoms with Gasteiger partial charge in [0.2, 0.25) is 0 Å². The van der Waals surface area contributed by atoms with Crippen molar-refractivity contribution in [2.75, 3.05) is 12.9 Å². The molecular formula is C11H22NO3PbS. The number of nitrogens with one attached hydrogen (secondary N) is 1. The Morgan fingerprint density at radius 1 is 1.53 bits per heavy atom. The zero-order chi connectivity index (χ0) is 13.7. The van der Waals surface area contributed by atoms with E-state index in [0.717, 1.165) is 0 Å². The molecule has 6 heteroatoms. The monoisotopic (exact) mass is 456 g/mol. The Bertz CT molecular complexity index is 254. The van der Waals surface area contributed by atoms with E-state index in [1.807, 2.05) is 42.9 Å². The van der Waals surface area contributed by atoms with Crippen LogP contribution in [0.4, 0.5) is 4.79 Å². The first kappa shape index (κ1) is 17.5. The quantitative estimate of drug-likeness (QED) is 0.648. The molecule has 1 heterocycles. The SMILES string of the molecule is CC(C)(C)OCC1NC(=O)OC1(C)C.C[S][Pb]. The van der Waals surface area contributed by atoms with E-state index in [-0.39, 0.29) is 17.7 Å². The van der Waals surface area contributed by atoms with Gasteiger partial charge < -0.3 is 14.8 Å². The van der Waals surface area contributed by atoms with Gasteiger partial charge in [-0.1, -0.05) is 0 Å². The Balaban J connectivity index is 0.000000770. The van der Waals surface area contributed by atoms with Crippen molar-refractivity contribution >= 4 is 38.7 Å². The molecular weight excluding hydrogens is 433 g/mol. The van der Waals surface area contributed by atoms with E-state index in [2.05, 4.69) is 11.6 Å². The van der Waals surface area contributed by atoms with E-state index < -0.39 is 5.60 Å². The van der Waals surface area contributed by atoms with Gasteiger partial charge in [0.05, 0.1) is 18.2 Å². The van der Waals surface area contributed by atoms with Gasteiger partial charge in [0, 0.05) is 0 Å². The summed E-state index contributed by atoms with van der Waals surface area (Å²) in [6.07, 6.45) is 1.74. The van der Waals surface area contributed by atoms with Crippen molar-refractivity contribution in [3.05, 3.63) is 0 Å². The van der Waals surface area contributed by atoms with Crippen LogP contribution in [0.3, 0.4) is 0 Å². The van der Waals surface area contributed by atoms with Crippen LogP contribution in [0.1, 0.15) is 34.6 Å². The maximum absolute atomic E-state index is 11.0. The molecule has 0 spiro atoms. The van der Waals surface area contributed by atoms with E-state index in [1.54, 1.807) is 0 Å². The Morgan fingerprint density at radius 2 is 2.00 bits per heavy atom. The molecule has 1 aliphatic heterocycles. The number of hydrogen-bond acceptors (Lipinski definition) is 4. The number of carbonyl (C=O) groups excluding carboxylic acids is 1. The van der Waals surface area contributed by atoms with E-state index in [4.69, 9.17) is 9.47 Å². The summed E-state index contributed by atoms with van der Waals surface area (Å²) in [5.74, 6) is 0. The van der Waals surface area contributed by atoms with Crippen molar-refractivity contribution in [2.45, 2.75) is 51.9 Å². The topological polar surface area (TPSA) is 47.6 Å². The predicted molar refractivity (Wildman–Crippen MR) is 72.5 cm³/mol. The molecule has 1 rings (SSSR count). The third-order valence-corrected chi connectivity index (χ3v) is 2.17. The van der Waals surface area contributed by atoms with Gasteiger partial charge in [0.25, 0.3) is 0 Å². The minimum absolute atomic E-state index is 0.0748. The number of ether oxygens (including phenoxy) is 2. The minimum atomic E-state index is -0.484. The van der Waals surface area contributed by atoms with Crippen molar-refractivity contribution in [3.63, 3.8) is 0 Å². The molecule has 1 atom stereocenters. The Labute approximate surface area is 122 Å². The van der Waals surface area contributed by atoms with Crippen molar-refractivity contribution in [1.29, 1.82) is 0 Å².